The van der Waals surface area contributed by atoms with Crippen LogP contribution in [0.4, 0.5) is 0 Å². The van der Waals surface area contributed by atoms with Crippen LogP contribution in [0.3, 0.4) is 0 Å². The van der Waals surface area contributed by atoms with E-state index in [2.05, 4.69) is 58.0 Å². The first-order valence-corrected chi connectivity index (χ1v) is 9.83. The number of rotatable bonds is 4. The molecule has 2 nitrogen and oxygen atoms in total. The van der Waals surface area contributed by atoms with Gasteiger partial charge in [-0.05, 0) is 65.0 Å². The average Bonchev–Trinajstić information content (AvgIpc) is 2.64. The van der Waals surface area contributed by atoms with Crippen LogP contribution in [0.15, 0.2) is 42.5 Å². The summed E-state index contributed by atoms with van der Waals surface area (Å²) in [4.78, 5) is 11.7. The van der Waals surface area contributed by atoms with Crippen molar-refractivity contribution in [1.82, 2.24) is 0 Å². The van der Waals surface area contributed by atoms with Crippen LogP contribution >= 0.6 is 0 Å². The second-order valence-corrected chi connectivity index (χ2v) is 8.75. The van der Waals surface area contributed by atoms with Gasteiger partial charge in [-0.15, -0.1) is 0 Å². The lowest BCUT2D eigenvalue weighted by atomic mass is 9.63. The molecule has 142 valence electrons. The molecule has 3 rings (SSSR count). The fraction of sp³-hybridized carbons (Fsp3) is 0.400. The van der Waals surface area contributed by atoms with Gasteiger partial charge in [0, 0.05) is 0 Å². The molecule has 0 unspecified atom stereocenters. The standard InChI is InChI=1S/C25H30O2/c1-6-27-23(26)20-12-9-18(10-13-20)7-8-19-11-14-21-22(17-19)25(4,5)16-15-24(21,2)3/h7-14,17H,6,15-16H2,1-5H3/b8-7+. The Morgan fingerprint density at radius 3 is 2.07 bits per heavy atom. The van der Waals surface area contributed by atoms with E-state index in [4.69, 9.17) is 4.74 Å². The molecule has 0 aliphatic heterocycles. The van der Waals surface area contributed by atoms with Crippen molar-refractivity contribution in [3.05, 3.63) is 70.3 Å². The van der Waals surface area contributed by atoms with E-state index in [9.17, 15) is 4.79 Å². The van der Waals surface area contributed by atoms with Gasteiger partial charge in [-0.25, -0.2) is 4.79 Å². The Kier molecular flexibility index (Phi) is 5.28. The van der Waals surface area contributed by atoms with Gasteiger partial charge in [0.1, 0.15) is 0 Å². The largest absolute Gasteiger partial charge is 0.462 e. The maximum atomic E-state index is 11.7. The number of hydrogen-bond donors (Lipinski definition) is 0. The van der Waals surface area contributed by atoms with Gasteiger partial charge >= 0.3 is 5.97 Å². The molecule has 0 fully saturated rings. The minimum Gasteiger partial charge on any atom is -0.462 e. The summed E-state index contributed by atoms with van der Waals surface area (Å²) >= 11 is 0. The summed E-state index contributed by atoms with van der Waals surface area (Å²) in [7, 11) is 0. The zero-order valence-electron chi connectivity index (χ0n) is 17.1. The molecule has 2 aromatic carbocycles. The third kappa shape index (κ3) is 4.16. The van der Waals surface area contributed by atoms with E-state index in [-0.39, 0.29) is 16.8 Å². The molecule has 0 radical (unpaired) electrons. The first kappa shape index (κ1) is 19.4. The summed E-state index contributed by atoms with van der Waals surface area (Å²) in [5.74, 6) is -0.271. The van der Waals surface area contributed by atoms with Crippen molar-refractivity contribution in [2.75, 3.05) is 6.61 Å². The normalized spacial score (nSPS) is 17.5. The molecule has 0 bridgehead atoms. The van der Waals surface area contributed by atoms with Gasteiger partial charge in [0.05, 0.1) is 12.2 Å². The molecule has 0 amide bonds. The van der Waals surface area contributed by atoms with Crippen molar-refractivity contribution in [3.8, 4) is 0 Å². The van der Waals surface area contributed by atoms with E-state index in [1.165, 1.54) is 29.5 Å². The Morgan fingerprint density at radius 2 is 1.44 bits per heavy atom. The zero-order valence-corrected chi connectivity index (χ0v) is 17.1. The van der Waals surface area contributed by atoms with Crippen LogP contribution in [0.1, 0.15) is 80.1 Å². The lowest BCUT2D eigenvalue weighted by Crippen LogP contribution is -2.33. The van der Waals surface area contributed by atoms with Gasteiger partial charge in [-0.2, -0.15) is 0 Å². The predicted molar refractivity (Wildman–Crippen MR) is 113 cm³/mol. The van der Waals surface area contributed by atoms with E-state index in [1.807, 2.05) is 31.2 Å². The Bertz CT molecular complexity index is 854. The van der Waals surface area contributed by atoms with Crippen LogP contribution in [-0.4, -0.2) is 12.6 Å². The van der Waals surface area contributed by atoms with Gasteiger partial charge in [-0.3, -0.25) is 0 Å². The topological polar surface area (TPSA) is 26.3 Å². The van der Waals surface area contributed by atoms with E-state index in [0.29, 0.717) is 12.2 Å². The fourth-order valence-electron chi connectivity index (χ4n) is 3.85. The predicted octanol–water partition coefficient (Wildman–Crippen LogP) is 6.38. The maximum Gasteiger partial charge on any atom is 0.338 e. The highest BCUT2D eigenvalue weighted by atomic mass is 16.5. The monoisotopic (exact) mass is 362 g/mol. The Morgan fingerprint density at radius 1 is 0.889 bits per heavy atom. The molecule has 0 aromatic heterocycles. The van der Waals surface area contributed by atoms with E-state index in [1.54, 1.807) is 0 Å². The molecular formula is C25H30O2. The second kappa shape index (κ2) is 7.34. The lowest BCUT2D eigenvalue weighted by molar-refractivity contribution is 0.0526. The summed E-state index contributed by atoms with van der Waals surface area (Å²) < 4.78 is 5.03. The molecule has 0 atom stereocenters. The molecular weight excluding hydrogens is 332 g/mol. The van der Waals surface area contributed by atoms with Gasteiger partial charge in [-0.1, -0.05) is 70.2 Å². The molecule has 1 aliphatic carbocycles. The highest BCUT2D eigenvalue weighted by molar-refractivity contribution is 5.89. The summed E-state index contributed by atoms with van der Waals surface area (Å²) in [5.41, 5.74) is 6.29. The molecule has 0 heterocycles. The molecule has 0 spiro atoms. The average molecular weight is 363 g/mol. The molecule has 1 aliphatic rings. The van der Waals surface area contributed by atoms with Crippen LogP contribution < -0.4 is 0 Å². The zero-order chi connectivity index (χ0) is 19.7. The number of fused-ring (bicyclic) bond motifs is 1. The van der Waals surface area contributed by atoms with E-state index in [0.717, 1.165) is 5.56 Å². The second-order valence-electron chi connectivity index (χ2n) is 8.75. The molecule has 2 heteroatoms. The fourth-order valence-corrected chi connectivity index (χ4v) is 3.85. The summed E-state index contributed by atoms with van der Waals surface area (Å²) in [5, 5.41) is 0. The number of ether oxygens (including phenoxy) is 1. The SMILES string of the molecule is CCOC(=O)c1ccc(/C=C/c2ccc3c(c2)C(C)(C)CCC3(C)C)cc1. The minimum absolute atomic E-state index is 0.218. The van der Waals surface area contributed by atoms with Crippen molar-refractivity contribution >= 4 is 18.1 Å². The number of carbonyl (C=O) groups excluding carboxylic acids is 1. The van der Waals surface area contributed by atoms with Crippen LogP contribution in [0.5, 0.6) is 0 Å². The molecule has 0 saturated heterocycles. The summed E-state index contributed by atoms with van der Waals surface area (Å²) in [6, 6.07) is 14.4. The van der Waals surface area contributed by atoms with Crippen molar-refractivity contribution in [2.45, 2.75) is 58.3 Å². The van der Waals surface area contributed by atoms with Gasteiger partial charge in [0.2, 0.25) is 0 Å². The molecule has 2 aromatic rings. The van der Waals surface area contributed by atoms with Crippen molar-refractivity contribution in [1.29, 1.82) is 0 Å². The summed E-state index contributed by atoms with van der Waals surface area (Å²) in [6.45, 7) is 11.6. The first-order valence-electron chi connectivity index (χ1n) is 9.83. The summed E-state index contributed by atoms with van der Waals surface area (Å²) in [6.07, 6.45) is 6.69. The third-order valence-corrected chi connectivity index (χ3v) is 5.77. The van der Waals surface area contributed by atoms with E-state index >= 15 is 0 Å². The quantitative estimate of drug-likeness (QED) is 0.466. The number of benzene rings is 2. The smallest absolute Gasteiger partial charge is 0.338 e. The molecule has 0 N–H and O–H groups in total. The lowest BCUT2D eigenvalue weighted by Gasteiger charge is -2.42. The van der Waals surface area contributed by atoms with Gasteiger partial charge in [0.15, 0.2) is 0 Å². The van der Waals surface area contributed by atoms with Gasteiger partial charge in [0.25, 0.3) is 0 Å². The Labute approximate surface area is 163 Å². The first-order chi connectivity index (χ1) is 12.7. The molecule has 0 saturated carbocycles. The van der Waals surface area contributed by atoms with Crippen LogP contribution in [-0.2, 0) is 15.6 Å². The number of hydrogen-bond acceptors (Lipinski definition) is 2. The Hall–Kier alpha value is -2.35. The van der Waals surface area contributed by atoms with Crippen molar-refractivity contribution in [2.24, 2.45) is 0 Å². The highest BCUT2D eigenvalue weighted by Crippen LogP contribution is 2.45. The van der Waals surface area contributed by atoms with Gasteiger partial charge < -0.3 is 4.74 Å². The molecule has 27 heavy (non-hydrogen) atoms. The van der Waals surface area contributed by atoms with Crippen LogP contribution in [0, 0.1) is 0 Å². The third-order valence-electron chi connectivity index (χ3n) is 5.77. The highest BCUT2D eigenvalue weighted by Gasteiger charge is 2.36. The number of esters is 1. The Balaban J connectivity index is 1.83. The van der Waals surface area contributed by atoms with Crippen molar-refractivity contribution < 1.29 is 9.53 Å². The van der Waals surface area contributed by atoms with Crippen molar-refractivity contribution in [3.63, 3.8) is 0 Å². The number of carbonyl (C=O) groups is 1. The van der Waals surface area contributed by atoms with Crippen LogP contribution in [0.2, 0.25) is 0 Å². The minimum atomic E-state index is -0.271. The van der Waals surface area contributed by atoms with E-state index < -0.39 is 0 Å². The van der Waals surface area contributed by atoms with Crippen LogP contribution in [0.25, 0.3) is 12.2 Å². The maximum absolute atomic E-state index is 11.7.